The second-order valence-electron chi connectivity index (χ2n) is 7.73. The minimum absolute atomic E-state index is 0.0107. The van der Waals surface area contributed by atoms with E-state index < -0.39 is 0 Å². The number of pyridine rings is 1. The van der Waals surface area contributed by atoms with E-state index in [1.165, 1.54) is 12.8 Å². The maximum atomic E-state index is 12.8. The summed E-state index contributed by atoms with van der Waals surface area (Å²) >= 11 is 0. The van der Waals surface area contributed by atoms with Crippen molar-refractivity contribution in [3.63, 3.8) is 0 Å². The van der Waals surface area contributed by atoms with E-state index in [-0.39, 0.29) is 23.1 Å². The Morgan fingerprint density at radius 3 is 2.72 bits per heavy atom. The molecule has 1 aromatic rings. The van der Waals surface area contributed by atoms with Crippen molar-refractivity contribution in [3.8, 4) is 5.88 Å². The minimum atomic E-state index is -0.0739. The lowest BCUT2D eigenvalue weighted by Crippen LogP contribution is -2.45. The number of carbonyl (C=O) groups is 2. The second-order valence-corrected chi connectivity index (χ2v) is 7.73. The monoisotopic (exact) mass is 343 g/mol. The number of hydrogen-bond acceptors (Lipinski definition) is 4. The Hall–Kier alpha value is -2.11. The van der Waals surface area contributed by atoms with Crippen LogP contribution in [0.15, 0.2) is 18.3 Å². The highest BCUT2D eigenvalue weighted by atomic mass is 16.5. The van der Waals surface area contributed by atoms with Gasteiger partial charge in [0.05, 0.1) is 18.6 Å². The van der Waals surface area contributed by atoms with Gasteiger partial charge in [0, 0.05) is 37.3 Å². The minimum Gasteiger partial charge on any atom is -0.481 e. The Morgan fingerprint density at radius 2 is 2.16 bits per heavy atom. The maximum Gasteiger partial charge on any atom is 0.255 e. The number of methoxy groups -OCH3 is 1. The van der Waals surface area contributed by atoms with Crippen molar-refractivity contribution in [3.05, 3.63) is 23.9 Å². The molecule has 25 heavy (non-hydrogen) atoms. The zero-order valence-electron chi connectivity index (χ0n) is 14.7. The lowest BCUT2D eigenvalue weighted by Gasteiger charge is -2.41. The van der Waals surface area contributed by atoms with E-state index in [0.29, 0.717) is 30.5 Å². The summed E-state index contributed by atoms with van der Waals surface area (Å²) in [7, 11) is 1.55. The molecule has 0 radical (unpaired) electrons. The van der Waals surface area contributed by atoms with Crippen LogP contribution in [0.5, 0.6) is 5.88 Å². The first-order valence-corrected chi connectivity index (χ1v) is 9.18. The van der Waals surface area contributed by atoms with Crippen LogP contribution < -0.4 is 10.1 Å². The summed E-state index contributed by atoms with van der Waals surface area (Å²) in [5.41, 5.74) is 0.540. The average molecular weight is 343 g/mol. The lowest BCUT2D eigenvalue weighted by molar-refractivity contribution is -0.129. The van der Waals surface area contributed by atoms with E-state index in [1.54, 1.807) is 25.4 Å². The zero-order chi connectivity index (χ0) is 17.4. The summed E-state index contributed by atoms with van der Waals surface area (Å²) in [4.78, 5) is 31.5. The third kappa shape index (κ3) is 3.10. The van der Waals surface area contributed by atoms with Gasteiger partial charge in [-0.2, -0.15) is 0 Å². The van der Waals surface area contributed by atoms with Crippen molar-refractivity contribution in [1.82, 2.24) is 15.2 Å². The number of rotatable bonds is 5. The normalized spacial score (nSPS) is 24.0. The Bertz CT molecular complexity index is 665. The van der Waals surface area contributed by atoms with Gasteiger partial charge in [-0.1, -0.05) is 6.42 Å². The number of nitrogens with one attached hydrogen (secondary N) is 1. The smallest absolute Gasteiger partial charge is 0.255 e. The van der Waals surface area contributed by atoms with Crippen molar-refractivity contribution in [2.24, 2.45) is 17.3 Å². The summed E-state index contributed by atoms with van der Waals surface area (Å²) in [5, 5.41) is 3.12. The molecule has 3 fully saturated rings. The van der Waals surface area contributed by atoms with Crippen LogP contribution in [0.2, 0.25) is 0 Å². The first-order valence-electron chi connectivity index (χ1n) is 9.18. The van der Waals surface area contributed by atoms with Gasteiger partial charge in [0.15, 0.2) is 0 Å². The molecular formula is C19H25N3O3. The average Bonchev–Trinajstić information content (AvgIpc) is 3.34. The second kappa shape index (κ2) is 6.32. The van der Waals surface area contributed by atoms with E-state index >= 15 is 0 Å². The number of aromatic nitrogens is 1. The predicted octanol–water partition coefficient (Wildman–Crippen LogP) is 1.86. The van der Waals surface area contributed by atoms with Gasteiger partial charge in [-0.25, -0.2) is 4.98 Å². The first kappa shape index (κ1) is 16.4. The number of nitrogens with zero attached hydrogens (tertiary/aromatic N) is 2. The molecule has 2 heterocycles. The molecule has 6 nitrogen and oxygen atoms in total. The third-order valence-electron chi connectivity index (χ3n) is 6.06. The predicted molar refractivity (Wildman–Crippen MR) is 92.2 cm³/mol. The van der Waals surface area contributed by atoms with Crippen molar-refractivity contribution >= 4 is 11.8 Å². The molecule has 0 bridgehead atoms. The molecule has 1 unspecified atom stereocenters. The van der Waals surface area contributed by atoms with Crippen molar-refractivity contribution in [2.45, 2.75) is 32.1 Å². The van der Waals surface area contributed by atoms with Crippen LogP contribution in [0.3, 0.4) is 0 Å². The molecular weight excluding hydrogens is 318 g/mol. The molecule has 1 N–H and O–H groups in total. The molecule has 1 aliphatic heterocycles. The third-order valence-corrected chi connectivity index (χ3v) is 6.06. The largest absolute Gasteiger partial charge is 0.481 e. The van der Waals surface area contributed by atoms with Gasteiger partial charge < -0.3 is 15.0 Å². The summed E-state index contributed by atoms with van der Waals surface area (Å²) in [6.45, 7) is 1.99. The Morgan fingerprint density at radius 1 is 1.36 bits per heavy atom. The molecule has 1 spiro atoms. The van der Waals surface area contributed by atoms with Crippen LogP contribution in [0.4, 0.5) is 0 Å². The highest BCUT2D eigenvalue weighted by Crippen LogP contribution is 2.52. The number of amides is 2. The fourth-order valence-electron chi connectivity index (χ4n) is 4.12. The summed E-state index contributed by atoms with van der Waals surface area (Å²) in [5.74, 6) is 1.18. The van der Waals surface area contributed by atoms with Gasteiger partial charge in [0.2, 0.25) is 11.8 Å². The number of hydrogen-bond donors (Lipinski definition) is 1. The first-order chi connectivity index (χ1) is 12.1. The standard InChI is InChI=1S/C19H25N3O3/c1-25-16-6-5-14(10-20-16)18(24)22-11-15(19(12-22)7-2-8-19)17(23)21-9-13-3-4-13/h5-6,10,13,15H,2-4,7-9,11-12H2,1H3,(H,21,23). The van der Waals surface area contributed by atoms with Crippen molar-refractivity contribution < 1.29 is 14.3 Å². The number of likely N-dealkylation sites (tertiary alicyclic amines) is 1. The quantitative estimate of drug-likeness (QED) is 0.886. The molecule has 2 aliphatic carbocycles. The topological polar surface area (TPSA) is 71.5 Å². The molecule has 2 amide bonds. The number of ether oxygens (including phenoxy) is 1. The SMILES string of the molecule is COc1ccc(C(=O)N2CC(C(=O)NCC3CC3)C3(CCC3)C2)cn1. The number of carbonyl (C=O) groups excluding carboxylic acids is 2. The Kier molecular flexibility index (Phi) is 4.13. The maximum absolute atomic E-state index is 12.8. The van der Waals surface area contributed by atoms with Gasteiger partial charge in [-0.15, -0.1) is 0 Å². The van der Waals surface area contributed by atoms with Gasteiger partial charge in [-0.05, 0) is 37.7 Å². The van der Waals surface area contributed by atoms with Crippen LogP contribution >= 0.6 is 0 Å². The van der Waals surface area contributed by atoms with E-state index in [4.69, 9.17) is 4.74 Å². The van der Waals surface area contributed by atoms with Gasteiger partial charge in [-0.3, -0.25) is 9.59 Å². The molecule has 1 saturated heterocycles. The summed E-state index contributed by atoms with van der Waals surface area (Å²) in [6.07, 6.45) is 7.24. The fourth-order valence-corrected chi connectivity index (χ4v) is 4.12. The molecule has 3 aliphatic rings. The molecule has 2 saturated carbocycles. The van der Waals surface area contributed by atoms with E-state index in [2.05, 4.69) is 10.3 Å². The molecule has 0 aromatic carbocycles. The van der Waals surface area contributed by atoms with E-state index in [0.717, 1.165) is 25.8 Å². The van der Waals surface area contributed by atoms with Gasteiger partial charge in [0.1, 0.15) is 0 Å². The van der Waals surface area contributed by atoms with Crippen molar-refractivity contribution in [2.75, 3.05) is 26.7 Å². The molecule has 4 rings (SSSR count). The molecule has 1 aromatic heterocycles. The van der Waals surface area contributed by atoms with Crippen LogP contribution in [0.25, 0.3) is 0 Å². The highest BCUT2D eigenvalue weighted by molar-refractivity contribution is 5.95. The Labute approximate surface area is 147 Å². The van der Waals surface area contributed by atoms with E-state index in [9.17, 15) is 9.59 Å². The Balaban J connectivity index is 1.45. The van der Waals surface area contributed by atoms with Gasteiger partial charge in [0.25, 0.3) is 5.91 Å². The van der Waals surface area contributed by atoms with Crippen LogP contribution in [-0.2, 0) is 4.79 Å². The van der Waals surface area contributed by atoms with Crippen LogP contribution in [0.1, 0.15) is 42.5 Å². The lowest BCUT2D eigenvalue weighted by atomic mass is 9.62. The summed E-state index contributed by atoms with van der Waals surface area (Å²) in [6, 6.07) is 3.43. The van der Waals surface area contributed by atoms with E-state index in [1.807, 2.05) is 4.90 Å². The molecule has 6 heteroatoms. The zero-order valence-corrected chi connectivity index (χ0v) is 14.7. The van der Waals surface area contributed by atoms with Crippen molar-refractivity contribution in [1.29, 1.82) is 0 Å². The van der Waals surface area contributed by atoms with Gasteiger partial charge >= 0.3 is 0 Å². The van der Waals surface area contributed by atoms with Crippen LogP contribution in [-0.4, -0.2) is 48.4 Å². The molecule has 1 atom stereocenters. The molecule has 134 valence electrons. The fraction of sp³-hybridized carbons (Fsp3) is 0.632. The summed E-state index contributed by atoms with van der Waals surface area (Å²) < 4.78 is 5.04. The highest BCUT2D eigenvalue weighted by Gasteiger charge is 2.54. The van der Waals surface area contributed by atoms with Crippen LogP contribution in [0, 0.1) is 17.3 Å².